The molecule has 2 saturated carbocycles. The number of amides is 1. The van der Waals surface area contributed by atoms with Crippen molar-refractivity contribution in [1.29, 1.82) is 0 Å². The van der Waals surface area contributed by atoms with Crippen molar-refractivity contribution < 1.29 is 9.18 Å². The van der Waals surface area contributed by atoms with Crippen molar-refractivity contribution in [3.63, 3.8) is 0 Å². The number of hydrogen-bond acceptors (Lipinski definition) is 1. The molecule has 2 aliphatic rings. The lowest BCUT2D eigenvalue weighted by Crippen LogP contribution is -2.43. The number of carbonyl (C=O) groups is 1. The molecule has 0 aromatic heterocycles. The molecule has 0 radical (unpaired) electrons. The van der Waals surface area contributed by atoms with Gasteiger partial charge in [0, 0.05) is 11.0 Å². The van der Waals surface area contributed by atoms with E-state index in [4.69, 9.17) is 0 Å². The number of hydrogen-bond donors (Lipinski definition) is 1. The molecular formula is C17H21BrFNO. The van der Waals surface area contributed by atoms with Gasteiger partial charge in [-0.05, 0) is 64.7 Å². The van der Waals surface area contributed by atoms with Gasteiger partial charge >= 0.3 is 0 Å². The Labute approximate surface area is 133 Å². The Morgan fingerprint density at radius 3 is 2.76 bits per heavy atom. The lowest BCUT2D eigenvalue weighted by Gasteiger charge is -2.45. The van der Waals surface area contributed by atoms with Gasteiger partial charge in [0.05, 0.1) is 5.56 Å². The molecule has 0 unspecified atom stereocenters. The van der Waals surface area contributed by atoms with Crippen molar-refractivity contribution in [2.24, 2.45) is 11.3 Å². The van der Waals surface area contributed by atoms with Crippen LogP contribution in [0.1, 0.15) is 55.3 Å². The molecule has 1 aromatic carbocycles. The monoisotopic (exact) mass is 353 g/mol. The smallest absolute Gasteiger partial charge is 0.252 e. The number of rotatable bonds is 3. The molecule has 0 aliphatic heterocycles. The second-order valence-corrected chi connectivity index (χ2v) is 7.52. The predicted octanol–water partition coefficient (Wildman–Crippen LogP) is 4.68. The van der Waals surface area contributed by atoms with Gasteiger partial charge in [-0.3, -0.25) is 4.79 Å². The van der Waals surface area contributed by atoms with E-state index < -0.39 is 0 Å². The Bertz CT molecular complexity index is 536. The van der Waals surface area contributed by atoms with E-state index in [1.165, 1.54) is 57.1 Å². The summed E-state index contributed by atoms with van der Waals surface area (Å²) in [6.45, 7) is 0.727. The zero-order valence-electron chi connectivity index (χ0n) is 12.1. The molecule has 1 N–H and O–H groups in total. The fourth-order valence-electron chi connectivity index (χ4n) is 4.10. The third-order valence-electron chi connectivity index (χ3n) is 5.16. The van der Waals surface area contributed by atoms with Crippen molar-refractivity contribution in [1.82, 2.24) is 5.32 Å². The summed E-state index contributed by atoms with van der Waals surface area (Å²) in [7, 11) is 0. The van der Waals surface area contributed by atoms with E-state index in [1.54, 1.807) is 6.07 Å². The molecule has 2 fully saturated rings. The number of halogens is 2. The highest BCUT2D eigenvalue weighted by Gasteiger charge is 2.39. The summed E-state index contributed by atoms with van der Waals surface area (Å²) in [5.74, 6) is 0.297. The van der Waals surface area contributed by atoms with E-state index in [0.29, 0.717) is 10.0 Å². The van der Waals surface area contributed by atoms with Crippen LogP contribution in [0.4, 0.5) is 4.39 Å². The third kappa shape index (κ3) is 3.31. The fourth-order valence-corrected chi connectivity index (χ4v) is 4.53. The van der Waals surface area contributed by atoms with Crippen LogP contribution in [0.25, 0.3) is 0 Å². The minimum absolute atomic E-state index is 0.177. The Kier molecular flexibility index (Phi) is 4.34. The van der Waals surface area contributed by atoms with Gasteiger partial charge in [0.1, 0.15) is 5.82 Å². The van der Waals surface area contributed by atoms with Crippen LogP contribution in [-0.4, -0.2) is 12.5 Å². The minimum atomic E-state index is -0.378. The van der Waals surface area contributed by atoms with Gasteiger partial charge in [0.25, 0.3) is 5.91 Å². The molecule has 4 heteroatoms. The summed E-state index contributed by atoms with van der Waals surface area (Å²) in [5, 5.41) is 3.05. The highest BCUT2D eigenvalue weighted by molar-refractivity contribution is 9.10. The van der Waals surface area contributed by atoms with Crippen molar-refractivity contribution in [2.75, 3.05) is 6.54 Å². The first kappa shape index (κ1) is 15.0. The third-order valence-corrected chi connectivity index (χ3v) is 5.85. The molecule has 21 heavy (non-hydrogen) atoms. The van der Waals surface area contributed by atoms with Gasteiger partial charge in [-0.15, -0.1) is 0 Å². The van der Waals surface area contributed by atoms with Gasteiger partial charge in [0.15, 0.2) is 0 Å². The molecule has 0 atom stereocenters. The molecule has 1 aromatic rings. The van der Waals surface area contributed by atoms with Gasteiger partial charge in [-0.25, -0.2) is 4.39 Å². The quantitative estimate of drug-likeness (QED) is 0.839. The first-order valence-corrected chi connectivity index (χ1v) is 8.61. The van der Waals surface area contributed by atoms with Crippen LogP contribution < -0.4 is 5.32 Å². The van der Waals surface area contributed by atoms with Crippen molar-refractivity contribution in [3.05, 3.63) is 34.1 Å². The second-order valence-electron chi connectivity index (χ2n) is 6.66. The Balaban J connectivity index is 1.66. The van der Waals surface area contributed by atoms with Crippen LogP contribution in [0.3, 0.4) is 0 Å². The topological polar surface area (TPSA) is 29.1 Å². The largest absolute Gasteiger partial charge is 0.351 e. The zero-order valence-corrected chi connectivity index (χ0v) is 13.7. The summed E-state index contributed by atoms with van der Waals surface area (Å²) in [4.78, 5) is 12.3. The van der Waals surface area contributed by atoms with Crippen LogP contribution in [-0.2, 0) is 0 Å². The standard InChI is InChI=1S/C17H21BrFNO/c18-15-6-5-13(19)9-14(15)16(21)20-11-17-7-1-3-12(10-17)4-2-8-17/h5-6,9,12H,1-4,7-8,10-11H2,(H,20,21). The Morgan fingerprint density at radius 2 is 2.05 bits per heavy atom. The summed E-state index contributed by atoms with van der Waals surface area (Å²) < 4.78 is 13.9. The maximum atomic E-state index is 13.3. The first-order chi connectivity index (χ1) is 10.1. The Morgan fingerprint density at radius 1 is 1.33 bits per heavy atom. The second kappa shape index (κ2) is 6.07. The minimum Gasteiger partial charge on any atom is -0.351 e. The summed E-state index contributed by atoms with van der Waals surface area (Å²) in [5.41, 5.74) is 0.672. The molecule has 2 bridgehead atoms. The summed E-state index contributed by atoms with van der Waals surface area (Å²) in [6, 6.07) is 4.23. The van der Waals surface area contributed by atoms with Crippen LogP contribution in [0.15, 0.2) is 22.7 Å². The number of nitrogens with one attached hydrogen (secondary N) is 1. The molecule has 0 heterocycles. The number of carbonyl (C=O) groups excluding carboxylic acids is 1. The number of fused-ring (bicyclic) bond motifs is 2. The molecule has 1 amide bonds. The number of benzene rings is 1. The van der Waals surface area contributed by atoms with Crippen LogP contribution in [0, 0.1) is 17.2 Å². The van der Waals surface area contributed by atoms with Crippen LogP contribution in [0.2, 0.25) is 0 Å². The SMILES string of the molecule is O=C(NCC12CCCC(CCC1)C2)c1cc(F)ccc1Br. The molecule has 0 saturated heterocycles. The van der Waals surface area contributed by atoms with E-state index >= 15 is 0 Å². The van der Waals surface area contributed by atoms with Gasteiger partial charge in [-0.1, -0.05) is 25.7 Å². The summed E-state index contributed by atoms with van der Waals surface area (Å²) in [6.07, 6.45) is 8.95. The molecular weight excluding hydrogens is 333 g/mol. The van der Waals surface area contributed by atoms with Crippen LogP contribution in [0.5, 0.6) is 0 Å². The highest BCUT2D eigenvalue weighted by Crippen LogP contribution is 2.48. The molecule has 114 valence electrons. The molecule has 0 spiro atoms. The average Bonchev–Trinajstić information content (AvgIpc) is 2.47. The van der Waals surface area contributed by atoms with Crippen molar-refractivity contribution in [2.45, 2.75) is 44.9 Å². The fraction of sp³-hybridized carbons (Fsp3) is 0.588. The van der Waals surface area contributed by atoms with E-state index in [1.807, 2.05) is 0 Å². The van der Waals surface area contributed by atoms with E-state index in [0.717, 1.165) is 12.5 Å². The highest BCUT2D eigenvalue weighted by atomic mass is 79.9. The van der Waals surface area contributed by atoms with Crippen LogP contribution >= 0.6 is 15.9 Å². The first-order valence-electron chi connectivity index (χ1n) is 7.81. The summed E-state index contributed by atoms with van der Waals surface area (Å²) >= 11 is 3.32. The maximum absolute atomic E-state index is 13.3. The maximum Gasteiger partial charge on any atom is 0.252 e. The average molecular weight is 354 g/mol. The zero-order chi connectivity index (χ0) is 14.9. The molecule has 3 rings (SSSR count). The predicted molar refractivity (Wildman–Crippen MR) is 84.7 cm³/mol. The molecule has 2 nitrogen and oxygen atoms in total. The lowest BCUT2D eigenvalue weighted by atomic mass is 9.62. The van der Waals surface area contributed by atoms with Gasteiger partial charge in [-0.2, -0.15) is 0 Å². The molecule has 2 aliphatic carbocycles. The van der Waals surface area contributed by atoms with Crippen molar-refractivity contribution >= 4 is 21.8 Å². The van der Waals surface area contributed by atoms with E-state index in [-0.39, 0.29) is 17.1 Å². The lowest BCUT2D eigenvalue weighted by molar-refractivity contribution is 0.0681. The van der Waals surface area contributed by atoms with Gasteiger partial charge < -0.3 is 5.32 Å². The normalized spacial score (nSPS) is 28.2. The van der Waals surface area contributed by atoms with E-state index in [9.17, 15) is 9.18 Å². The van der Waals surface area contributed by atoms with E-state index in [2.05, 4.69) is 21.2 Å². The Hall–Kier alpha value is -0.900. The van der Waals surface area contributed by atoms with Gasteiger partial charge in [0.2, 0.25) is 0 Å². The van der Waals surface area contributed by atoms with Crippen molar-refractivity contribution in [3.8, 4) is 0 Å².